The van der Waals surface area contributed by atoms with Crippen LogP contribution in [0.1, 0.15) is 55.2 Å². The molecule has 10 nitrogen and oxygen atoms in total. The molecule has 0 unspecified atom stereocenters. The number of hydrogen-bond acceptors (Lipinski definition) is 9. The molecule has 2 aromatic carbocycles. The number of esters is 1. The van der Waals surface area contributed by atoms with Crippen molar-refractivity contribution >= 4 is 11.9 Å². The van der Waals surface area contributed by atoms with Crippen molar-refractivity contribution in [1.82, 2.24) is 15.4 Å². The zero-order valence-electron chi connectivity index (χ0n) is 23.6. The van der Waals surface area contributed by atoms with Crippen molar-refractivity contribution in [1.29, 1.82) is 0 Å². The van der Waals surface area contributed by atoms with Gasteiger partial charge in [0.1, 0.15) is 17.5 Å². The molecule has 1 fully saturated rings. The van der Waals surface area contributed by atoms with Gasteiger partial charge in [0, 0.05) is 25.7 Å². The van der Waals surface area contributed by atoms with Gasteiger partial charge in [-0.3, -0.25) is 9.69 Å². The third-order valence-corrected chi connectivity index (χ3v) is 7.08. The van der Waals surface area contributed by atoms with Crippen LogP contribution in [0.4, 0.5) is 0 Å². The summed E-state index contributed by atoms with van der Waals surface area (Å²) in [7, 11) is 1.27. The second kappa shape index (κ2) is 12.5. The number of morpholine rings is 1. The van der Waals surface area contributed by atoms with E-state index in [1.165, 1.54) is 13.2 Å². The first-order valence-corrected chi connectivity index (χ1v) is 13.4. The first kappa shape index (κ1) is 29.1. The number of phenolic OH excluding ortho intramolecular Hbond substituents is 2. The molecule has 1 aliphatic rings. The van der Waals surface area contributed by atoms with Gasteiger partial charge in [-0.2, -0.15) is 0 Å². The summed E-state index contributed by atoms with van der Waals surface area (Å²) in [5.74, 6) is -1.55. The number of benzene rings is 2. The number of carbonyl (C=O) groups excluding carboxylic acids is 2. The Kier molecular flexibility index (Phi) is 9.11. The summed E-state index contributed by atoms with van der Waals surface area (Å²) >= 11 is 0. The second-order valence-electron chi connectivity index (χ2n) is 10.6. The van der Waals surface area contributed by atoms with E-state index in [-0.39, 0.29) is 40.4 Å². The molecule has 1 saturated heterocycles. The average Bonchev–Trinajstić information content (AvgIpc) is 3.37. The lowest BCUT2D eigenvalue weighted by Gasteiger charge is -2.26. The molecule has 40 heavy (non-hydrogen) atoms. The molecule has 4 rings (SSSR count). The maximum absolute atomic E-state index is 13.5. The third kappa shape index (κ3) is 6.29. The molecule has 1 aromatic heterocycles. The molecule has 0 saturated carbocycles. The molecular weight excluding hydrogens is 514 g/mol. The highest BCUT2D eigenvalue weighted by Crippen LogP contribution is 2.43. The standard InChI is InChI=1S/C30H37N3O7/c1-17(2)21-14-22(24(35)15-23(21)34)28-25(20-8-6-19(7-9-20)16-33-10-12-39-13-11-33)27(32-40-28)29(36)31-26(18(3)4)30(37)38-5/h6-9,14-15,17-18,26,34-35H,10-13,16H2,1-5H3,(H,31,36)/t26-/m1/s1. The molecule has 214 valence electrons. The van der Waals surface area contributed by atoms with Crippen molar-refractivity contribution in [3.05, 3.63) is 53.2 Å². The highest BCUT2D eigenvalue weighted by atomic mass is 16.5. The monoisotopic (exact) mass is 551 g/mol. The largest absolute Gasteiger partial charge is 0.508 e. The fourth-order valence-electron chi connectivity index (χ4n) is 4.76. The summed E-state index contributed by atoms with van der Waals surface area (Å²) < 4.78 is 16.0. The van der Waals surface area contributed by atoms with Crippen LogP contribution in [0, 0.1) is 5.92 Å². The van der Waals surface area contributed by atoms with Gasteiger partial charge in [0.25, 0.3) is 5.91 Å². The van der Waals surface area contributed by atoms with Crippen molar-refractivity contribution in [3.8, 4) is 33.9 Å². The zero-order valence-corrected chi connectivity index (χ0v) is 23.6. The van der Waals surface area contributed by atoms with E-state index < -0.39 is 17.9 Å². The topological polar surface area (TPSA) is 134 Å². The number of amides is 1. The summed E-state index contributed by atoms with van der Waals surface area (Å²) in [4.78, 5) is 28.1. The molecule has 3 N–H and O–H groups in total. The SMILES string of the molecule is COC(=O)[C@H](NC(=O)c1noc(-c2cc(C(C)C)c(O)cc2O)c1-c1ccc(CN2CCOCC2)cc1)C(C)C. The van der Waals surface area contributed by atoms with E-state index >= 15 is 0 Å². The fraction of sp³-hybridized carbons (Fsp3) is 0.433. The number of aromatic hydroxyl groups is 2. The van der Waals surface area contributed by atoms with Crippen molar-refractivity contribution in [3.63, 3.8) is 0 Å². The third-order valence-electron chi connectivity index (χ3n) is 7.08. The van der Waals surface area contributed by atoms with Crippen LogP contribution in [0.3, 0.4) is 0 Å². The van der Waals surface area contributed by atoms with Gasteiger partial charge in [-0.05, 0) is 34.6 Å². The number of hydrogen-bond donors (Lipinski definition) is 3. The number of nitrogens with one attached hydrogen (secondary N) is 1. The minimum Gasteiger partial charge on any atom is -0.508 e. The molecule has 0 bridgehead atoms. The van der Waals surface area contributed by atoms with E-state index in [1.54, 1.807) is 19.9 Å². The van der Waals surface area contributed by atoms with Crippen molar-refractivity contribution in [2.24, 2.45) is 5.92 Å². The fourth-order valence-corrected chi connectivity index (χ4v) is 4.76. The minimum absolute atomic E-state index is 0.0379. The summed E-state index contributed by atoms with van der Waals surface area (Å²) in [6.45, 7) is 11.3. The predicted octanol–water partition coefficient (Wildman–Crippen LogP) is 4.30. The molecule has 2 heterocycles. The van der Waals surface area contributed by atoms with Crippen LogP contribution in [0.2, 0.25) is 0 Å². The number of rotatable bonds is 9. The van der Waals surface area contributed by atoms with Gasteiger partial charge in [0.05, 0.1) is 31.5 Å². The predicted molar refractivity (Wildman–Crippen MR) is 149 cm³/mol. The zero-order chi connectivity index (χ0) is 29.0. The van der Waals surface area contributed by atoms with Crippen molar-refractivity contribution in [2.45, 2.75) is 46.2 Å². The van der Waals surface area contributed by atoms with E-state index in [4.69, 9.17) is 14.0 Å². The van der Waals surface area contributed by atoms with Gasteiger partial charge < -0.3 is 29.5 Å². The second-order valence-corrected chi connectivity index (χ2v) is 10.6. The Balaban J connectivity index is 1.78. The quantitative estimate of drug-likeness (QED) is 0.333. The number of carbonyl (C=O) groups is 2. The molecule has 3 aromatic rings. The molecule has 0 spiro atoms. The van der Waals surface area contributed by atoms with Gasteiger partial charge in [0.15, 0.2) is 11.5 Å². The van der Waals surface area contributed by atoms with Crippen LogP contribution in [0.15, 0.2) is 40.9 Å². The first-order valence-electron chi connectivity index (χ1n) is 13.4. The number of ether oxygens (including phenoxy) is 2. The smallest absolute Gasteiger partial charge is 0.328 e. The van der Waals surface area contributed by atoms with Gasteiger partial charge in [-0.1, -0.05) is 57.1 Å². The average molecular weight is 552 g/mol. The Hall–Kier alpha value is -3.89. The maximum atomic E-state index is 13.5. The molecule has 0 aliphatic carbocycles. The van der Waals surface area contributed by atoms with Crippen LogP contribution >= 0.6 is 0 Å². The highest BCUT2D eigenvalue weighted by Gasteiger charge is 2.31. The van der Waals surface area contributed by atoms with Gasteiger partial charge in [-0.25, -0.2) is 4.79 Å². The Labute approximate surface area is 233 Å². The van der Waals surface area contributed by atoms with Crippen LogP contribution in [0.5, 0.6) is 11.5 Å². The molecule has 10 heteroatoms. The van der Waals surface area contributed by atoms with E-state index in [2.05, 4.69) is 15.4 Å². The van der Waals surface area contributed by atoms with Gasteiger partial charge in [-0.15, -0.1) is 0 Å². The lowest BCUT2D eigenvalue weighted by molar-refractivity contribution is -0.144. The van der Waals surface area contributed by atoms with E-state index in [0.29, 0.717) is 29.9 Å². The normalized spacial score (nSPS) is 14.9. The van der Waals surface area contributed by atoms with Crippen LogP contribution in [-0.2, 0) is 20.8 Å². The molecule has 1 atom stereocenters. The van der Waals surface area contributed by atoms with Crippen molar-refractivity contribution < 1.29 is 33.8 Å². The Morgan fingerprint density at radius 3 is 2.33 bits per heavy atom. The van der Waals surface area contributed by atoms with Crippen molar-refractivity contribution in [2.75, 3.05) is 33.4 Å². The summed E-state index contributed by atoms with van der Waals surface area (Å²) in [5.41, 5.74) is 2.95. The van der Waals surface area contributed by atoms with E-state index in [0.717, 1.165) is 25.2 Å². The minimum atomic E-state index is -0.893. The van der Waals surface area contributed by atoms with Crippen LogP contribution in [-0.4, -0.2) is 71.6 Å². The van der Waals surface area contributed by atoms with Crippen LogP contribution in [0.25, 0.3) is 22.5 Å². The number of phenols is 2. The highest BCUT2D eigenvalue weighted by molar-refractivity contribution is 6.04. The van der Waals surface area contributed by atoms with Gasteiger partial charge in [0.2, 0.25) is 0 Å². The molecular formula is C30H37N3O7. The number of aromatic nitrogens is 1. The van der Waals surface area contributed by atoms with Gasteiger partial charge >= 0.3 is 5.97 Å². The number of nitrogens with zero attached hydrogens (tertiary/aromatic N) is 2. The lowest BCUT2D eigenvalue weighted by atomic mass is 9.93. The summed E-state index contributed by atoms with van der Waals surface area (Å²) in [5, 5.41) is 28.0. The molecule has 1 amide bonds. The van der Waals surface area contributed by atoms with E-state index in [9.17, 15) is 19.8 Å². The molecule has 1 aliphatic heterocycles. The maximum Gasteiger partial charge on any atom is 0.328 e. The Morgan fingerprint density at radius 1 is 1.05 bits per heavy atom. The Bertz CT molecular complexity index is 1340. The first-order chi connectivity index (χ1) is 19.1. The summed E-state index contributed by atoms with van der Waals surface area (Å²) in [6.07, 6.45) is 0. The lowest BCUT2D eigenvalue weighted by Crippen LogP contribution is -2.45. The Morgan fingerprint density at radius 2 is 1.73 bits per heavy atom. The number of methoxy groups -OCH3 is 1. The van der Waals surface area contributed by atoms with E-state index in [1.807, 2.05) is 38.1 Å². The van der Waals surface area contributed by atoms with Crippen LogP contribution < -0.4 is 5.32 Å². The molecule has 0 radical (unpaired) electrons. The summed E-state index contributed by atoms with van der Waals surface area (Å²) in [6, 6.07) is 9.71.